The maximum Gasteiger partial charge on any atom is 0.0625 e. The Morgan fingerprint density at radius 2 is 2.44 bits per heavy atom. The van der Waals surface area contributed by atoms with Crippen LogP contribution in [-0.2, 0) is 20.0 Å². The molecule has 90 valence electrons. The molecule has 1 aliphatic heterocycles. The summed E-state index contributed by atoms with van der Waals surface area (Å²) in [7, 11) is 2.02. The van der Waals surface area contributed by atoms with Gasteiger partial charge in [0.15, 0.2) is 0 Å². The third-order valence-electron chi connectivity index (χ3n) is 3.45. The average Bonchev–Trinajstić information content (AvgIpc) is 2.83. The van der Waals surface area contributed by atoms with Crippen LogP contribution in [0.2, 0.25) is 0 Å². The Kier molecular flexibility index (Phi) is 3.30. The fraction of sp³-hybridized carbons (Fsp3) is 0.750. The van der Waals surface area contributed by atoms with Gasteiger partial charge in [0.05, 0.1) is 11.4 Å². The van der Waals surface area contributed by atoms with Crippen molar-refractivity contribution in [1.29, 1.82) is 0 Å². The maximum absolute atomic E-state index is 4.46. The first-order valence-corrected chi connectivity index (χ1v) is 6.10. The highest BCUT2D eigenvalue weighted by Gasteiger charge is 2.27. The topological polar surface area (TPSA) is 41.9 Å². The lowest BCUT2D eigenvalue weighted by Crippen LogP contribution is -2.43. The second-order valence-corrected chi connectivity index (χ2v) is 4.95. The minimum Gasteiger partial charge on any atom is -0.315 e. The summed E-state index contributed by atoms with van der Waals surface area (Å²) in [6, 6.07) is 2.19. The fourth-order valence-corrected chi connectivity index (χ4v) is 2.18. The number of rotatable bonds is 4. The largest absolute Gasteiger partial charge is 0.315 e. The molecule has 0 aliphatic carbocycles. The van der Waals surface area contributed by atoms with E-state index in [1.165, 1.54) is 17.8 Å². The molecule has 0 amide bonds. The zero-order chi connectivity index (χ0) is 11.6. The monoisotopic (exact) mass is 222 g/mol. The molecular weight excluding hydrogens is 200 g/mol. The molecule has 1 aromatic heterocycles. The lowest BCUT2D eigenvalue weighted by atomic mass is 10.0. The van der Waals surface area contributed by atoms with Gasteiger partial charge in [0, 0.05) is 25.7 Å². The Bertz CT molecular complexity index is 350. The van der Waals surface area contributed by atoms with E-state index in [9.17, 15) is 0 Å². The zero-order valence-corrected chi connectivity index (χ0v) is 10.5. The molecule has 1 saturated heterocycles. The Morgan fingerprint density at radius 1 is 1.62 bits per heavy atom. The van der Waals surface area contributed by atoms with Crippen LogP contribution in [-0.4, -0.2) is 28.4 Å². The van der Waals surface area contributed by atoms with Crippen molar-refractivity contribution in [3.63, 3.8) is 0 Å². The molecule has 2 N–H and O–H groups in total. The molecule has 2 rings (SSSR count). The molecule has 1 aromatic rings. The molecule has 0 saturated carbocycles. The summed E-state index contributed by atoms with van der Waals surface area (Å²) in [5, 5.41) is 11.5. The van der Waals surface area contributed by atoms with Gasteiger partial charge < -0.3 is 10.6 Å². The molecule has 0 aromatic carbocycles. The Balaban J connectivity index is 1.96. The molecule has 1 atom stereocenters. The van der Waals surface area contributed by atoms with Crippen LogP contribution in [0.5, 0.6) is 0 Å². The first kappa shape index (κ1) is 11.6. The maximum atomic E-state index is 4.46. The van der Waals surface area contributed by atoms with Crippen molar-refractivity contribution in [2.45, 2.75) is 38.8 Å². The molecule has 0 bridgehead atoms. The first-order chi connectivity index (χ1) is 7.63. The first-order valence-electron chi connectivity index (χ1n) is 6.10. The number of hydrogen-bond donors (Lipinski definition) is 2. The Hall–Kier alpha value is -0.870. The highest BCUT2D eigenvalue weighted by molar-refractivity contribution is 5.10. The number of nitrogens with one attached hydrogen (secondary N) is 2. The van der Waals surface area contributed by atoms with Crippen molar-refractivity contribution >= 4 is 0 Å². The van der Waals surface area contributed by atoms with Crippen molar-refractivity contribution in [3.05, 3.63) is 17.5 Å². The molecule has 0 radical (unpaired) electrons. The summed E-state index contributed by atoms with van der Waals surface area (Å²) >= 11 is 0. The van der Waals surface area contributed by atoms with E-state index in [1.54, 1.807) is 0 Å². The third-order valence-corrected chi connectivity index (χ3v) is 3.45. The Labute approximate surface area is 97.4 Å². The predicted molar refractivity (Wildman–Crippen MR) is 65.3 cm³/mol. The van der Waals surface area contributed by atoms with Crippen LogP contribution in [0, 0.1) is 0 Å². The number of nitrogens with zero attached hydrogens (tertiary/aromatic N) is 2. The van der Waals surface area contributed by atoms with E-state index >= 15 is 0 Å². The van der Waals surface area contributed by atoms with E-state index in [1.807, 2.05) is 11.7 Å². The van der Waals surface area contributed by atoms with Gasteiger partial charge in [0.2, 0.25) is 0 Å². The van der Waals surface area contributed by atoms with E-state index in [0.717, 1.165) is 26.1 Å². The summed E-state index contributed by atoms with van der Waals surface area (Å²) in [6.07, 6.45) is 2.21. The highest BCUT2D eigenvalue weighted by Crippen LogP contribution is 2.14. The van der Waals surface area contributed by atoms with E-state index in [2.05, 4.69) is 35.6 Å². The summed E-state index contributed by atoms with van der Waals surface area (Å²) in [5.41, 5.74) is 2.69. The molecular formula is C12H22N4. The van der Waals surface area contributed by atoms with Gasteiger partial charge in [-0.1, -0.05) is 6.92 Å². The quantitative estimate of drug-likeness (QED) is 0.792. The summed E-state index contributed by atoms with van der Waals surface area (Å²) in [5.74, 6) is 0. The molecule has 0 spiro atoms. The van der Waals surface area contributed by atoms with E-state index in [-0.39, 0.29) is 5.54 Å². The van der Waals surface area contributed by atoms with E-state index in [4.69, 9.17) is 0 Å². The van der Waals surface area contributed by atoms with E-state index < -0.39 is 0 Å². The summed E-state index contributed by atoms with van der Waals surface area (Å²) in [4.78, 5) is 0. The SMILES string of the molecule is CCc1cc(CNC2(C)CCNC2)n(C)n1. The normalized spacial score (nSPS) is 25.2. The smallest absolute Gasteiger partial charge is 0.0625 e. The van der Waals surface area contributed by atoms with Gasteiger partial charge >= 0.3 is 0 Å². The summed E-state index contributed by atoms with van der Waals surface area (Å²) < 4.78 is 1.98. The number of hydrogen-bond acceptors (Lipinski definition) is 3. The third kappa shape index (κ3) is 2.44. The van der Waals surface area contributed by atoms with E-state index in [0.29, 0.717) is 0 Å². The van der Waals surface area contributed by atoms with Crippen molar-refractivity contribution in [2.75, 3.05) is 13.1 Å². The minimum absolute atomic E-state index is 0.247. The molecule has 2 heterocycles. The van der Waals surface area contributed by atoms with Gasteiger partial charge in [-0.05, 0) is 32.4 Å². The molecule has 16 heavy (non-hydrogen) atoms. The Morgan fingerprint density at radius 3 is 3.00 bits per heavy atom. The molecule has 4 heteroatoms. The molecule has 4 nitrogen and oxygen atoms in total. The second-order valence-electron chi connectivity index (χ2n) is 4.95. The predicted octanol–water partition coefficient (Wildman–Crippen LogP) is 0.824. The van der Waals surface area contributed by atoms with Crippen LogP contribution in [0.1, 0.15) is 31.7 Å². The van der Waals surface area contributed by atoms with Gasteiger partial charge in [-0.15, -0.1) is 0 Å². The van der Waals surface area contributed by atoms with Crippen molar-refractivity contribution < 1.29 is 0 Å². The van der Waals surface area contributed by atoms with Crippen molar-refractivity contribution in [1.82, 2.24) is 20.4 Å². The van der Waals surface area contributed by atoms with Crippen LogP contribution >= 0.6 is 0 Å². The number of aryl methyl sites for hydroxylation is 2. The van der Waals surface area contributed by atoms with Crippen molar-refractivity contribution in [2.24, 2.45) is 7.05 Å². The lowest BCUT2D eigenvalue weighted by molar-refractivity contribution is 0.379. The van der Waals surface area contributed by atoms with Crippen LogP contribution < -0.4 is 10.6 Å². The van der Waals surface area contributed by atoms with Crippen LogP contribution in [0.4, 0.5) is 0 Å². The van der Waals surface area contributed by atoms with Crippen molar-refractivity contribution in [3.8, 4) is 0 Å². The summed E-state index contributed by atoms with van der Waals surface area (Å²) in [6.45, 7) is 7.51. The second kappa shape index (κ2) is 4.55. The zero-order valence-electron chi connectivity index (χ0n) is 10.5. The van der Waals surface area contributed by atoms with Gasteiger partial charge in [-0.2, -0.15) is 5.10 Å². The van der Waals surface area contributed by atoms with Crippen LogP contribution in [0.3, 0.4) is 0 Å². The minimum atomic E-state index is 0.247. The van der Waals surface area contributed by atoms with Gasteiger partial charge in [-0.3, -0.25) is 4.68 Å². The van der Waals surface area contributed by atoms with Gasteiger partial charge in [0.25, 0.3) is 0 Å². The average molecular weight is 222 g/mol. The van der Waals surface area contributed by atoms with Crippen LogP contribution in [0.25, 0.3) is 0 Å². The molecule has 1 aliphatic rings. The van der Waals surface area contributed by atoms with Gasteiger partial charge in [-0.25, -0.2) is 0 Å². The lowest BCUT2D eigenvalue weighted by Gasteiger charge is -2.24. The molecule has 1 fully saturated rings. The number of aromatic nitrogens is 2. The van der Waals surface area contributed by atoms with Crippen LogP contribution in [0.15, 0.2) is 6.07 Å². The highest BCUT2D eigenvalue weighted by atomic mass is 15.3. The van der Waals surface area contributed by atoms with Gasteiger partial charge in [0.1, 0.15) is 0 Å². The molecule has 1 unspecified atom stereocenters. The standard InChI is InChI=1S/C12H22N4/c1-4-10-7-11(16(3)15-10)8-14-12(2)5-6-13-9-12/h7,13-14H,4-6,8-9H2,1-3H3. The fourth-order valence-electron chi connectivity index (χ4n) is 2.18.